The Morgan fingerprint density at radius 3 is 2.79 bits per heavy atom. The third kappa shape index (κ3) is 3.48. The first-order valence-corrected chi connectivity index (χ1v) is 9.00. The minimum atomic E-state index is -0.437. The van der Waals surface area contributed by atoms with Crippen molar-refractivity contribution >= 4 is 23.2 Å². The summed E-state index contributed by atoms with van der Waals surface area (Å²) < 4.78 is 0. The maximum absolute atomic E-state index is 12.5. The highest BCUT2D eigenvalue weighted by atomic mass is 32.1. The van der Waals surface area contributed by atoms with Crippen LogP contribution < -0.4 is 5.32 Å². The number of hydrogen-bond donors (Lipinski definition) is 1. The summed E-state index contributed by atoms with van der Waals surface area (Å²) in [5.74, 6) is -0.199. The molecule has 1 saturated heterocycles. The molecule has 0 spiro atoms. The van der Waals surface area contributed by atoms with Gasteiger partial charge in [0.05, 0.1) is 10.7 Å². The zero-order chi connectivity index (χ0) is 17.1. The van der Waals surface area contributed by atoms with Crippen molar-refractivity contribution in [1.29, 1.82) is 0 Å². The van der Waals surface area contributed by atoms with Crippen molar-refractivity contribution in [2.45, 2.75) is 39.3 Å². The molecule has 0 unspecified atom stereocenters. The molecule has 1 aliphatic rings. The van der Waals surface area contributed by atoms with Crippen molar-refractivity contribution in [3.63, 3.8) is 0 Å². The van der Waals surface area contributed by atoms with Crippen LogP contribution in [-0.4, -0.2) is 34.3 Å². The number of hydrogen-bond acceptors (Lipinski definition) is 4. The highest BCUT2D eigenvalue weighted by Gasteiger charge is 2.33. The third-order valence-electron chi connectivity index (χ3n) is 4.17. The van der Waals surface area contributed by atoms with E-state index in [0.29, 0.717) is 24.4 Å². The molecule has 2 amide bonds. The first-order chi connectivity index (χ1) is 11.6. The third-order valence-corrected chi connectivity index (χ3v) is 5.47. The fourth-order valence-electron chi connectivity index (χ4n) is 2.87. The highest BCUT2D eigenvalue weighted by molar-refractivity contribution is 7.13. The van der Waals surface area contributed by atoms with E-state index in [-0.39, 0.29) is 11.8 Å². The van der Waals surface area contributed by atoms with Gasteiger partial charge in [0.1, 0.15) is 10.9 Å². The maximum atomic E-state index is 12.5. The van der Waals surface area contributed by atoms with Gasteiger partial charge in [-0.25, -0.2) is 4.98 Å². The summed E-state index contributed by atoms with van der Waals surface area (Å²) in [7, 11) is 0. The van der Waals surface area contributed by atoms with Crippen molar-refractivity contribution in [2.24, 2.45) is 0 Å². The van der Waals surface area contributed by atoms with E-state index in [1.807, 2.05) is 44.2 Å². The molecule has 1 aromatic carbocycles. The highest BCUT2D eigenvalue weighted by Crippen LogP contribution is 2.20. The van der Waals surface area contributed by atoms with Crippen molar-refractivity contribution in [1.82, 2.24) is 15.2 Å². The van der Waals surface area contributed by atoms with Gasteiger partial charge in [-0.3, -0.25) is 9.59 Å². The Labute approximate surface area is 145 Å². The molecule has 1 N–H and O–H groups in total. The number of amides is 2. The minimum absolute atomic E-state index is 0.00918. The smallest absolute Gasteiger partial charge is 0.263 e. The summed E-state index contributed by atoms with van der Waals surface area (Å²) in [5.41, 5.74) is 1.84. The predicted molar refractivity (Wildman–Crippen MR) is 94.0 cm³/mol. The van der Waals surface area contributed by atoms with E-state index in [4.69, 9.17) is 0 Å². The Kier molecular flexibility index (Phi) is 4.94. The number of thiazole rings is 1. The van der Waals surface area contributed by atoms with Crippen molar-refractivity contribution in [3.05, 3.63) is 51.5 Å². The molecule has 0 saturated carbocycles. The molecular formula is C18H21N3O2S. The molecular weight excluding hydrogens is 322 g/mol. The van der Waals surface area contributed by atoms with Crippen LogP contribution >= 0.6 is 11.3 Å². The maximum Gasteiger partial charge on any atom is 0.263 e. The number of carbonyl (C=O) groups is 2. The average Bonchev–Trinajstić information content (AvgIpc) is 3.13. The summed E-state index contributed by atoms with van der Waals surface area (Å²) in [4.78, 5) is 31.8. The predicted octanol–water partition coefficient (Wildman–Crippen LogP) is 2.54. The molecule has 1 fully saturated rings. The number of nitrogens with zero attached hydrogens (tertiary/aromatic N) is 2. The number of nitrogens with one attached hydrogen (secondary N) is 1. The van der Waals surface area contributed by atoms with E-state index in [2.05, 4.69) is 10.3 Å². The van der Waals surface area contributed by atoms with Gasteiger partial charge in [-0.1, -0.05) is 37.3 Å². The second-order valence-electron chi connectivity index (χ2n) is 5.94. The van der Waals surface area contributed by atoms with Gasteiger partial charge in [-0.2, -0.15) is 0 Å². The lowest BCUT2D eigenvalue weighted by Crippen LogP contribution is -2.41. The number of likely N-dealkylation sites (tertiary alicyclic amines) is 1. The molecule has 3 rings (SSSR count). The Morgan fingerprint density at radius 2 is 2.12 bits per heavy atom. The van der Waals surface area contributed by atoms with Crippen LogP contribution in [0.5, 0.6) is 0 Å². The van der Waals surface area contributed by atoms with E-state index in [0.717, 1.165) is 22.7 Å². The molecule has 2 heterocycles. The lowest BCUT2D eigenvalue weighted by Gasteiger charge is -2.17. The molecule has 1 aromatic heterocycles. The van der Waals surface area contributed by atoms with Gasteiger partial charge >= 0.3 is 0 Å². The van der Waals surface area contributed by atoms with Crippen LogP contribution in [0.1, 0.15) is 39.3 Å². The van der Waals surface area contributed by atoms with Crippen LogP contribution in [0.15, 0.2) is 30.3 Å². The van der Waals surface area contributed by atoms with Crippen molar-refractivity contribution in [3.8, 4) is 0 Å². The van der Waals surface area contributed by atoms with E-state index < -0.39 is 6.04 Å². The topological polar surface area (TPSA) is 62.3 Å². The Bertz CT molecular complexity index is 742. The quantitative estimate of drug-likeness (QED) is 0.907. The van der Waals surface area contributed by atoms with Gasteiger partial charge in [0.2, 0.25) is 5.91 Å². The summed E-state index contributed by atoms with van der Waals surface area (Å²) in [6, 6.07) is 9.46. The summed E-state index contributed by atoms with van der Waals surface area (Å²) in [6.45, 7) is 5.11. The Morgan fingerprint density at radius 1 is 1.38 bits per heavy atom. The molecule has 5 nitrogen and oxygen atoms in total. The van der Waals surface area contributed by atoms with Crippen molar-refractivity contribution in [2.75, 3.05) is 6.54 Å². The molecule has 24 heavy (non-hydrogen) atoms. The van der Waals surface area contributed by atoms with Crippen LogP contribution in [0, 0.1) is 6.92 Å². The van der Waals surface area contributed by atoms with Gasteiger partial charge in [0.25, 0.3) is 5.91 Å². The molecule has 0 radical (unpaired) electrons. The van der Waals surface area contributed by atoms with Gasteiger partial charge in [-0.05, 0) is 25.3 Å². The lowest BCUT2D eigenvalue weighted by molar-refractivity contribution is -0.129. The number of benzene rings is 1. The summed E-state index contributed by atoms with van der Waals surface area (Å²) in [5, 5.41) is 3.82. The van der Waals surface area contributed by atoms with Crippen LogP contribution in [-0.2, 0) is 17.8 Å². The lowest BCUT2D eigenvalue weighted by atomic mass is 10.2. The molecule has 6 heteroatoms. The van der Waals surface area contributed by atoms with Gasteiger partial charge in [-0.15, -0.1) is 11.3 Å². The minimum Gasteiger partial charge on any atom is -0.339 e. The fraction of sp³-hybridized carbons (Fsp3) is 0.389. The first-order valence-electron chi connectivity index (χ1n) is 8.18. The number of carbonyl (C=O) groups excluding carboxylic acids is 2. The van der Waals surface area contributed by atoms with E-state index in [1.54, 1.807) is 4.90 Å². The fourth-order valence-corrected chi connectivity index (χ4v) is 3.78. The van der Waals surface area contributed by atoms with Crippen LogP contribution in [0.4, 0.5) is 0 Å². The largest absolute Gasteiger partial charge is 0.339 e. The second-order valence-corrected chi connectivity index (χ2v) is 7.02. The molecule has 0 bridgehead atoms. The molecule has 1 atom stereocenters. The van der Waals surface area contributed by atoms with E-state index in [1.165, 1.54) is 11.3 Å². The van der Waals surface area contributed by atoms with Gasteiger partial charge in [0.15, 0.2) is 0 Å². The summed E-state index contributed by atoms with van der Waals surface area (Å²) >= 11 is 1.41. The number of aryl methyl sites for hydroxylation is 2. The normalized spacial score (nSPS) is 17.3. The monoisotopic (exact) mass is 343 g/mol. The van der Waals surface area contributed by atoms with E-state index in [9.17, 15) is 9.59 Å². The zero-order valence-corrected chi connectivity index (χ0v) is 14.7. The van der Waals surface area contributed by atoms with E-state index >= 15 is 0 Å². The molecule has 126 valence electrons. The van der Waals surface area contributed by atoms with Crippen molar-refractivity contribution < 1.29 is 9.59 Å². The standard InChI is InChI=1S/C18H21N3O2S/c1-3-15-19-12(2)16(24-15)17(22)20-14-9-10-21(18(14)23)11-13-7-5-4-6-8-13/h4-8,14H,3,9-11H2,1-2H3,(H,20,22)/t14-/m1/s1. The molecule has 0 aliphatic carbocycles. The first kappa shape index (κ1) is 16.6. The SMILES string of the molecule is CCc1nc(C)c(C(=O)N[C@@H]2CCN(Cc3ccccc3)C2=O)s1. The zero-order valence-electron chi connectivity index (χ0n) is 13.9. The van der Waals surface area contributed by atoms with Crippen LogP contribution in [0.25, 0.3) is 0 Å². The summed E-state index contributed by atoms with van der Waals surface area (Å²) in [6.07, 6.45) is 1.46. The second kappa shape index (κ2) is 7.13. The average molecular weight is 343 g/mol. The van der Waals surface area contributed by atoms with Crippen LogP contribution in [0.3, 0.4) is 0 Å². The Hall–Kier alpha value is -2.21. The Balaban J connectivity index is 1.63. The number of aromatic nitrogens is 1. The van der Waals surface area contributed by atoms with Gasteiger partial charge < -0.3 is 10.2 Å². The van der Waals surface area contributed by atoms with Crippen LogP contribution in [0.2, 0.25) is 0 Å². The molecule has 2 aromatic rings. The van der Waals surface area contributed by atoms with Gasteiger partial charge in [0, 0.05) is 13.1 Å². The number of rotatable bonds is 5. The molecule has 1 aliphatic heterocycles.